The minimum atomic E-state index is 0.400. The highest BCUT2D eigenvalue weighted by molar-refractivity contribution is 5.81. The van der Waals surface area contributed by atoms with Gasteiger partial charge in [-0.25, -0.2) is 0 Å². The van der Waals surface area contributed by atoms with Gasteiger partial charge in [0.25, 0.3) is 0 Å². The van der Waals surface area contributed by atoms with Gasteiger partial charge in [0.05, 0.1) is 11.2 Å². The van der Waals surface area contributed by atoms with Gasteiger partial charge >= 0.3 is 0 Å². The highest BCUT2D eigenvalue weighted by Gasteiger charge is 2.11. The molecular formula is C10H13N3. The molecule has 0 fully saturated rings. The summed E-state index contributed by atoms with van der Waals surface area (Å²) >= 11 is 0. The van der Waals surface area contributed by atoms with Crippen molar-refractivity contribution in [3.63, 3.8) is 0 Å². The Morgan fingerprint density at radius 3 is 2.69 bits per heavy atom. The number of hydrogen-bond donors (Lipinski definition) is 1. The molecule has 0 unspecified atom stereocenters. The number of fused-ring (bicyclic) bond motifs is 1. The Labute approximate surface area is 77.1 Å². The lowest BCUT2D eigenvalue weighted by atomic mass is 10.1. The summed E-state index contributed by atoms with van der Waals surface area (Å²) in [6, 6.07) is 8.01. The molecule has 3 nitrogen and oxygen atoms in total. The van der Waals surface area contributed by atoms with Crippen molar-refractivity contribution in [3.05, 3.63) is 30.0 Å². The normalized spacial score (nSPS) is 11.3. The average molecular weight is 175 g/mol. The van der Waals surface area contributed by atoms with E-state index in [9.17, 15) is 0 Å². The molecule has 0 radical (unpaired) electrons. The van der Waals surface area contributed by atoms with Crippen molar-refractivity contribution in [3.8, 4) is 0 Å². The molecule has 2 rings (SSSR count). The van der Waals surface area contributed by atoms with E-state index >= 15 is 0 Å². The topological polar surface area (TPSA) is 43.8 Å². The SMILES string of the molecule is CC(C)c1c2ccccc2nn1N. The van der Waals surface area contributed by atoms with Gasteiger partial charge in [-0.15, -0.1) is 0 Å². The summed E-state index contributed by atoms with van der Waals surface area (Å²) in [5.74, 6) is 6.16. The molecule has 0 spiro atoms. The lowest BCUT2D eigenvalue weighted by Crippen LogP contribution is -2.14. The molecule has 0 atom stereocenters. The van der Waals surface area contributed by atoms with Crippen LogP contribution in [0.1, 0.15) is 25.5 Å². The molecule has 2 aromatic rings. The van der Waals surface area contributed by atoms with Gasteiger partial charge in [0, 0.05) is 5.39 Å². The number of nitrogen functional groups attached to an aromatic ring is 1. The van der Waals surface area contributed by atoms with E-state index in [4.69, 9.17) is 5.84 Å². The van der Waals surface area contributed by atoms with Crippen molar-refractivity contribution >= 4 is 10.9 Å². The Morgan fingerprint density at radius 2 is 2.00 bits per heavy atom. The summed E-state index contributed by atoms with van der Waals surface area (Å²) < 4.78 is 0. The van der Waals surface area contributed by atoms with Crippen LogP contribution in [0.5, 0.6) is 0 Å². The average Bonchev–Trinajstić information content (AvgIpc) is 2.39. The maximum Gasteiger partial charge on any atom is 0.0947 e. The van der Waals surface area contributed by atoms with E-state index in [-0.39, 0.29) is 0 Å². The fourth-order valence-corrected chi connectivity index (χ4v) is 1.65. The summed E-state index contributed by atoms with van der Waals surface area (Å²) in [4.78, 5) is 1.48. The first-order valence-corrected chi connectivity index (χ1v) is 4.43. The molecule has 0 amide bonds. The second-order valence-corrected chi connectivity index (χ2v) is 3.50. The van der Waals surface area contributed by atoms with Crippen molar-refractivity contribution in [1.82, 2.24) is 9.89 Å². The second-order valence-electron chi connectivity index (χ2n) is 3.50. The summed E-state index contributed by atoms with van der Waals surface area (Å²) in [7, 11) is 0. The molecular weight excluding hydrogens is 162 g/mol. The van der Waals surface area contributed by atoms with Crippen LogP contribution in [-0.4, -0.2) is 9.89 Å². The van der Waals surface area contributed by atoms with E-state index in [1.807, 2.05) is 18.2 Å². The molecule has 1 aromatic carbocycles. The number of nitrogens with two attached hydrogens (primary N) is 1. The van der Waals surface area contributed by atoms with Crippen LogP contribution in [0, 0.1) is 0 Å². The van der Waals surface area contributed by atoms with E-state index in [1.165, 1.54) is 4.79 Å². The monoisotopic (exact) mass is 175 g/mol. The van der Waals surface area contributed by atoms with Crippen molar-refractivity contribution in [2.75, 3.05) is 5.84 Å². The molecule has 3 heteroatoms. The Kier molecular flexibility index (Phi) is 1.72. The minimum absolute atomic E-state index is 0.400. The molecule has 0 aliphatic heterocycles. The van der Waals surface area contributed by atoms with Gasteiger partial charge in [0.2, 0.25) is 0 Å². The van der Waals surface area contributed by atoms with Gasteiger partial charge in [-0.2, -0.15) is 9.89 Å². The van der Waals surface area contributed by atoms with Gasteiger partial charge < -0.3 is 5.84 Å². The lowest BCUT2D eigenvalue weighted by Gasteiger charge is -2.04. The molecule has 0 saturated carbocycles. The van der Waals surface area contributed by atoms with Crippen molar-refractivity contribution in [2.24, 2.45) is 0 Å². The maximum absolute atomic E-state index is 5.76. The third kappa shape index (κ3) is 1.16. The summed E-state index contributed by atoms with van der Waals surface area (Å²) in [5, 5.41) is 5.38. The van der Waals surface area contributed by atoms with Gasteiger partial charge in [0.15, 0.2) is 0 Å². The Balaban J connectivity index is 2.78. The summed E-state index contributed by atoms with van der Waals surface area (Å²) in [5.41, 5.74) is 2.06. The molecule has 68 valence electrons. The zero-order valence-electron chi connectivity index (χ0n) is 7.86. The van der Waals surface area contributed by atoms with Crippen LogP contribution in [0.4, 0.5) is 0 Å². The van der Waals surface area contributed by atoms with Gasteiger partial charge in [-0.05, 0) is 12.0 Å². The molecule has 0 aliphatic rings. The zero-order valence-corrected chi connectivity index (χ0v) is 7.86. The third-order valence-electron chi connectivity index (χ3n) is 2.19. The van der Waals surface area contributed by atoms with Crippen LogP contribution < -0.4 is 5.84 Å². The summed E-state index contributed by atoms with van der Waals surface area (Å²) in [6.07, 6.45) is 0. The fraction of sp³-hybridized carbons (Fsp3) is 0.300. The largest absolute Gasteiger partial charge is 0.323 e. The minimum Gasteiger partial charge on any atom is -0.323 e. The fourth-order valence-electron chi connectivity index (χ4n) is 1.65. The molecule has 1 heterocycles. The molecule has 2 N–H and O–H groups in total. The smallest absolute Gasteiger partial charge is 0.0947 e. The Bertz CT molecular complexity index is 429. The van der Waals surface area contributed by atoms with Crippen LogP contribution in [0.3, 0.4) is 0 Å². The molecule has 0 bridgehead atoms. The van der Waals surface area contributed by atoms with Crippen LogP contribution in [0.25, 0.3) is 10.9 Å². The number of hydrogen-bond acceptors (Lipinski definition) is 2. The molecule has 0 saturated heterocycles. The number of rotatable bonds is 1. The Hall–Kier alpha value is -1.51. The van der Waals surface area contributed by atoms with Crippen LogP contribution >= 0.6 is 0 Å². The first-order chi connectivity index (χ1) is 6.20. The Morgan fingerprint density at radius 1 is 1.31 bits per heavy atom. The van der Waals surface area contributed by atoms with E-state index < -0.39 is 0 Å². The van der Waals surface area contributed by atoms with Crippen LogP contribution in [0.15, 0.2) is 24.3 Å². The van der Waals surface area contributed by atoms with Gasteiger partial charge in [-0.3, -0.25) is 0 Å². The number of aromatic nitrogens is 2. The number of benzene rings is 1. The van der Waals surface area contributed by atoms with Crippen molar-refractivity contribution < 1.29 is 0 Å². The lowest BCUT2D eigenvalue weighted by molar-refractivity contribution is 0.715. The first-order valence-electron chi connectivity index (χ1n) is 4.43. The van der Waals surface area contributed by atoms with E-state index in [0.717, 1.165) is 16.6 Å². The van der Waals surface area contributed by atoms with E-state index in [1.54, 1.807) is 0 Å². The third-order valence-corrected chi connectivity index (χ3v) is 2.19. The van der Waals surface area contributed by atoms with E-state index in [0.29, 0.717) is 5.92 Å². The van der Waals surface area contributed by atoms with Crippen LogP contribution in [-0.2, 0) is 0 Å². The maximum atomic E-state index is 5.76. The van der Waals surface area contributed by atoms with Crippen LogP contribution in [0.2, 0.25) is 0 Å². The standard InChI is InChI=1S/C10H13N3/c1-7(2)10-8-5-3-4-6-9(8)12-13(10)11/h3-7H,11H2,1-2H3. The van der Waals surface area contributed by atoms with Crippen molar-refractivity contribution in [1.29, 1.82) is 0 Å². The highest BCUT2D eigenvalue weighted by Crippen LogP contribution is 2.23. The molecule has 0 aliphatic carbocycles. The zero-order chi connectivity index (χ0) is 9.42. The molecule has 13 heavy (non-hydrogen) atoms. The quantitative estimate of drug-likeness (QED) is 0.672. The molecule has 1 aromatic heterocycles. The second kappa shape index (κ2) is 2.76. The predicted octanol–water partition coefficient (Wildman–Crippen LogP) is 1.87. The van der Waals surface area contributed by atoms with Crippen molar-refractivity contribution in [2.45, 2.75) is 19.8 Å². The van der Waals surface area contributed by atoms with Gasteiger partial charge in [0.1, 0.15) is 0 Å². The van der Waals surface area contributed by atoms with E-state index in [2.05, 4.69) is 25.0 Å². The highest BCUT2D eigenvalue weighted by atomic mass is 15.5. The van der Waals surface area contributed by atoms with Gasteiger partial charge in [-0.1, -0.05) is 32.0 Å². The predicted molar refractivity (Wildman–Crippen MR) is 54.0 cm³/mol. The first kappa shape index (κ1) is 8.10. The number of nitrogens with zero attached hydrogens (tertiary/aromatic N) is 2. The summed E-state index contributed by atoms with van der Waals surface area (Å²) in [6.45, 7) is 4.24.